The van der Waals surface area contributed by atoms with E-state index in [0.29, 0.717) is 11.6 Å². The molecule has 6 nitrogen and oxygen atoms in total. The molecule has 0 fully saturated rings. The molecule has 2 aromatic heterocycles. The van der Waals surface area contributed by atoms with E-state index in [2.05, 4.69) is 27.9 Å². The van der Waals surface area contributed by atoms with E-state index in [1.807, 2.05) is 41.8 Å². The van der Waals surface area contributed by atoms with Gasteiger partial charge in [-0.1, -0.05) is 35.9 Å². The number of hydrogen-bond acceptors (Lipinski definition) is 4. The third-order valence-electron chi connectivity index (χ3n) is 5.48. The van der Waals surface area contributed by atoms with E-state index < -0.39 is 0 Å². The van der Waals surface area contributed by atoms with Gasteiger partial charge in [-0.3, -0.25) is 10.1 Å². The van der Waals surface area contributed by atoms with Crippen molar-refractivity contribution in [3.63, 3.8) is 0 Å². The van der Waals surface area contributed by atoms with Crippen LogP contribution in [0.4, 0.5) is 11.4 Å². The zero-order valence-corrected chi connectivity index (χ0v) is 19.0. The van der Waals surface area contributed by atoms with Gasteiger partial charge in [-0.25, -0.2) is 4.99 Å². The number of aromatic amines is 1. The van der Waals surface area contributed by atoms with Gasteiger partial charge in [0.1, 0.15) is 0 Å². The number of hydrogen-bond donors (Lipinski definition) is 1. The van der Waals surface area contributed by atoms with E-state index in [4.69, 9.17) is 16.6 Å². The Hall–Kier alpha value is -3.68. The Morgan fingerprint density at radius 3 is 2.67 bits per heavy atom. The fourth-order valence-electron chi connectivity index (χ4n) is 3.85. The van der Waals surface area contributed by atoms with Crippen LogP contribution >= 0.6 is 22.9 Å². The molecule has 0 unspecified atom stereocenters. The fraction of sp³-hybridized carbons (Fsp3) is 0.0800. The van der Waals surface area contributed by atoms with Crippen LogP contribution in [-0.4, -0.2) is 14.5 Å². The van der Waals surface area contributed by atoms with Crippen LogP contribution in [0.15, 0.2) is 89.4 Å². The van der Waals surface area contributed by atoms with Crippen molar-refractivity contribution in [2.75, 3.05) is 0 Å². The summed E-state index contributed by atoms with van der Waals surface area (Å²) in [5, 5.41) is 14.9. The Labute approximate surface area is 198 Å². The third-order valence-corrected chi connectivity index (χ3v) is 6.58. The average Bonchev–Trinajstić information content (AvgIpc) is 3.41. The number of non-ortho nitro benzene ring substituents is 1. The first kappa shape index (κ1) is 21.2. The number of halogens is 1. The van der Waals surface area contributed by atoms with Crippen molar-refractivity contribution < 1.29 is 4.92 Å². The number of H-pyrrole nitrogens is 1. The second kappa shape index (κ2) is 9.05. The van der Waals surface area contributed by atoms with Gasteiger partial charge in [0, 0.05) is 46.2 Å². The van der Waals surface area contributed by atoms with Crippen LogP contribution in [0.3, 0.4) is 0 Å². The summed E-state index contributed by atoms with van der Waals surface area (Å²) in [5.74, 6) is 0. The Morgan fingerprint density at radius 1 is 1.06 bits per heavy atom. The number of thiazole rings is 1. The zero-order chi connectivity index (χ0) is 22.8. The Morgan fingerprint density at radius 2 is 1.88 bits per heavy atom. The number of nitrogens with zero attached hydrogens (tertiary/aromatic N) is 3. The molecule has 0 saturated heterocycles. The van der Waals surface area contributed by atoms with Gasteiger partial charge in [0.25, 0.3) is 5.69 Å². The lowest BCUT2D eigenvalue weighted by Crippen LogP contribution is -2.17. The molecule has 0 atom stereocenters. The maximum absolute atomic E-state index is 11.1. The van der Waals surface area contributed by atoms with E-state index in [1.165, 1.54) is 34.4 Å². The van der Waals surface area contributed by atoms with Crippen LogP contribution in [0.5, 0.6) is 0 Å². The quantitative estimate of drug-likeness (QED) is 0.218. The number of aromatic nitrogens is 2. The molecule has 5 aromatic rings. The molecule has 164 valence electrons. The van der Waals surface area contributed by atoms with Crippen molar-refractivity contribution in [1.82, 2.24) is 9.55 Å². The van der Waals surface area contributed by atoms with Crippen LogP contribution in [0, 0.1) is 10.1 Å². The maximum atomic E-state index is 11.1. The summed E-state index contributed by atoms with van der Waals surface area (Å²) in [6, 6.07) is 22.3. The number of nitrogens with one attached hydrogen (secondary N) is 1. The maximum Gasteiger partial charge on any atom is 0.269 e. The molecule has 0 aliphatic heterocycles. The van der Waals surface area contributed by atoms with Crippen LogP contribution in [0.2, 0.25) is 5.02 Å². The van der Waals surface area contributed by atoms with Gasteiger partial charge in [0.15, 0.2) is 4.80 Å². The Balaban J connectivity index is 1.56. The van der Waals surface area contributed by atoms with E-state index in [1.54, 1.807) is 12.1 Å². The first-order chi connectivity index (χ1) is 16.1. The van der Waals surface area contributed by atoms with Gasteiger partial charge >= 0.3 is 0 Å². The van der Waals surface area contributed by atoms with Crippen molar-refractivity contribution in [2.45, 2.75) is 13.0 Å². The lowest BCUT2D eigenvalue weighted by atomic mass is 10.1. The molecule has 0 spiro atoms. The number of nitro groups is 1. The van der Waals surface area contributed by atoms with Crippen LogP contribution in [0.25, 0.3) is 22.2 Å². The topological polar surface area (TPSA) is 76.2 Å². The van der Waals surface area contributed by atoms with Gasteiger partial charge in [0.05, 0.1) is 16.3 Å². The number of para-hydroxylation sites is 1. The summed E-state index contributed by atoms with van der Waals surface area (Å²) >= 11 is 7.69. The van der Waals surface area contributed by atoms with Crippen LogP contribution in [-0.2, 0) is 13.0 Å². The molecular formula is C25H19ClN4O2S. The summed E-state index contributed by atoms with van der Waals surface area (Å²) < 4.78 is 2.16. The molecule has 5 rings (SSSR count). The highest BCUT2D eigenvalue weighted by Crippen LogP contribution is 2.25. The van der Waals surface area contributed by atoms with Gasteiger partial charge < -0.3 is 9.55 Å². The average molecular weight is 475 g/mol. The number of aryl methyl sites for hydroxylation is 1. The molecule has 0 radical (unpaired) electrons. The molecular weight excluding hydrogens is 456 g/mol. The molecule has 8 heteroatoms. The van der Waals surface area contributed by atoms with E-state index >= 15 is 0 Å². The van der Waals surface area contributed by atoms with Crippen molar-refractivity contribution >= 4 is 45.2 Å². The summed E-state index contributed by atoms with van der Waals surface area (Å²) in [4.78, 5) is 19.7. The normalized spacial score (nSPS) is 11.8. The minimum absolute atomic E-state index is 0.0724. The molecule has 1 N–H and O–H groups in total. The highest BCUT2D eigenvalue weighted by molar-refractivity contribution is 7.07. The third kappa shape index (κ3) is 4.46. The van der Waals surface area contributed by atoms with Crippen molar-refractivity contribution in [3.05, 3.63) is 110 Å². The van der Waals surface area contributed by atoms with E-state index in [-0.39, 0.29) is 10.6 Å². The number of fused-ring (bicyclic) bond motifs is 1. The minimum Gasteiger partial charge on any atom is -0.361 e. The van der Waals surface area contributed by atoms with E-state index in [0.717, 1.165) is 33.7 Å². The largest absolute Gasteiger partial charge is 0.361 e. The van der Waals surface area contributed by atoms with Gasteiger partial charge in [0.2, 0.25) is 0 Å². The molecule has 3 aromatic carbocycles. The highest BCUT2D eigenvalue weighted by Gasteiger charge is 2.12. The SMILES string of the molecule is O=[N+]([O-])c1ccc(-c2csc(=Nc3cccc(Cl)c3)n2CCc2c[nH]c3ccccc23)cc1. The zero-order valence-electron chi connectivity index (χ0n) is 17.4. The number of nitro benzene ring substituents is 1. The molecule has 0 aliphatic rings. The first-order valence-corrected chi connectivity index (χ1v) is 11.6. The van der Waals surface area contributed by atoms with Crippen molar-refractivity contribution in [1.29, 1.82) is 0 Å². The highest BCUT2D eigenvalue weighted by atomic mass is 35.5. The summed E-state index contributed by atoms with van der Waals surface area (Å²) in [7, 11) is 0. The molecule has 0 amide bonds. The Kier molecular flexibility index (Phi) is 5.81. The predicted octanol–water partition coefficient (Wildman–Crippen LogP) is 6.73. The minimum atomic E-state index is -0.387. The molecule has 2 heterocycles. The fourth-order valence-corrected chi connectivity index (χ4v) is 4.99. The monoisotopic (exact) mass is 474 g/mol. The van der Waals surface area contributed by atoms with E-state index in [9.17, 15) is 10.1 Å². The van der Waals surface area contributed by atoms with Gasteiger partial charge in [-0.15, -0.1) is 11.3 Å². The Bertz CT molecular complexity index is 1520. The first-order valence-electron chi connectivity index (χ1n) is 10.4. The second-order valence-corrected chi connectivity index (χ2v) is 8.83. The molecule has 0 aliphatic carbocycles. The standard InChI is InChI=1S/C25H19ClN4O2S/c26-19-4-3-5-20(14-19)28-25-29(13-12-18-15-27-23-7-2-1-6-22(18)23)24(16-33-25)17-8-10-21(11-9-17)30(31)32/h1-11,14-16,27H,12-13H2. The summed E-state index contributed by atoms with van der Waals surface area (Å²) in [6.07, 6.45) is 2.86. The van der Waals surface area contributed by atoms with Gasteiger partial charge in [-0.05, 0) is 53.9 Å². The predicted molar refractivity (Wildman–Crippen MR) is 133 cm³/mol. The summed E-state index contributed by atoms with van der Waals surface area (Å²) in [6.45, 7) is 0.705. The number of rotatable bonds is 6. The summed E-state index contributed by atoms with van der Waals surface area (Å²) in [5.41, 5.74) is 5.07. The molecule has 0 saturated carbocycles. The lowest BCUT2D eigenvalue weighted by Gasteiger charge is -2.09. The van der Waals surface area contributed by atoms with Crippen molar-refractivity contribution in [3.8, 4) is 11.3 Å². The second-order valence-electron chi connectivity index (χ2n) is 7.56. The van der Waals surface area contributed by atoms with Crippen LogP contribution < -0.4 is 4.80 Å². The lowest BCUT2D eigenvalue weighted by molar-refractivity contribution is -0.384. The van der Waals surface area contributed by atoms with Crippen molar-refractivity contribution in [2.24, 2.45) is 4.99 Å². The number of benzene rings is 3. The van der Waals surface area contributed by atoms with Crippen LogP contribution in [0.1, 0.15) is 5.56 Å². The molecule has 0 bridgehead atoms. The smallest absolute Gasteiger partial charge is 0.269 e. The molecule has 33 heavy (non-hydrogen) atoms. The van der Waals surface area contributed by atoms with Gasteiger partial charge in [-0.2, -0.15) is 0 Å².